The number of carbonyl (C=O) groups excluding carboxylic acids is 1. The van der Waals surface area contributed by atoms with Crippen LogP contribution in [0.4, 0.5) is 0 Å². The lowest BCUT2D eigenvalue weighted by molar-refractivity contribution is -0.120. The molecule has 0 unspecified atom stereocenters. The van der Waals surface area contributed by atoms with Crippen LogP contribution >= 0.6 is 11.8 Å². The highest BCUT2D eigenvalue weighted by molar-refractivity contribution is 8.00. The van der Waals surface area contributed by atoms with Gasteiger partial charge in [0.2, 0.25) is 0 Å². The van der Waals surface area contributed by atoms with E-state index in [0.717, 1.165) is 10.5 Å². The van der Waals surface area contributed by atoms with E-state index in [9.17, 15) is 4.79 Å². The van der Waals surface area contributed by atoms with E-state index in [0.29, 0.717) is 0 Å². The van der Waals surface area contributed by atoms with Gasteiger partial charge in [-0.2, -0.15) is 5.10 Å². The van der Waals surface area contributed by atoms with Crippen molar-refractivity contribution in [2.24, 2.45) is 5.10 Å². The fourth-order valence-corrected chi connectivity index (χ4v) is 3.01. The second kappa shape index (κ2) is 7.97. The van der Waals surface area contributed by atoms with Crippen molar-refractivity contribution in [1.29, 1.82) is 0 Å². The molecule has 1 amide bonds. The maximum Gasteiger partial charge on any atom is 0.253 e. The number of thioether (sulfide) groups is 1. The third kappa shape index (κ3) is 4.70. The first-order valence-electron chi connectivity index (χ1n) is 7.60. The SMILES string of the molecule is Cc1ccc(/C=N\NC(=O)[C@@H](C)Sc2ccccc2)c(C)c1C. The molecule has 3 nitrogen and oxygen atoms in total. The molecule has 4 heteroatoms. The van der Waals surface area contributed by atoms with Crippen LogP contribution in [0, 0.1) is 20.8 Å². The minimum Gasteiger partial charge on any atom is -0.272 e. The fraction of sp³-hybridized carbons (Fsp3) is 0.263. The summed E-state index contributed by atoms with van der Waals surface area (Å²) < 4.78 is 0. The van der Waals surface area contributed by atoms with Gasteiger partial charge < -0.3 is 0 Å². The Morgan fingerprint density at radius 2 is 1.78 bits per heavy atom. The summed E-state index contributed by atoms with van der Waals surface area (Å²) in [4.78, 5) is 13.2. The van der Waals surface area contributed by atoms with E-state index in [-0.39, 0.29) is 11.2 Å². The van der Waals surface area contributed by atoms with E-state index >= 15 is 0 Å². The summed E-state index contributed by atoms with van der Waals surface area (Å²) >= 11 is 1.52. The lowest BCUT2D eigenvalue weighted by Crippen LogP contribution is -2.26. The predicted octanol–water partition coefficient (Wildman–Crippen LogP) is 4.24. The first-order valence-corrected chi connectivity index (χ1v) is 8.48. The zero-order valence-corrected chi connectivity index (χ0v) is 14.8. The van der Waals surface area contributed by atoms with E-state index in [2.05, 4.69) is 37.4 Å². The van der Waals surface area contributed by atoms with Crippen LogP contribution in [-0.2, 0) is 4.79 Å². The molecular formula is C19H22N2OS. The standard InChI is InChI=1S/C19H22N2OS/c1-13-10-11-17(15(3)14(13)2)12-20-21-19(22)16(4)23-18-8-6-5-7-9-18/h5-12,16H,1-4H3,(H,21,22)/b20-12-/t16-/m1/s1. The lowest BCUT2D eigenvalue weighted by Gasteiger charge is -2.10. The van der Waals surface area contributed by atoms with Crippen LogP contribution in [0.3, 0.4) is 0 Å². The molecule has 0 radical (unpaired) electrons. The second-order valence-corrected chi connectivity index (χ2v) is 6.94. The van der Waals surface area contributed by atoms with Crippen molar-refractivity contribution < 1.29 is 4.79 Å². The summed E-state index contributed by atoms with van der Waals surface area (Å²) in [5, 5.41) is 3.90. The van der Waals surface area contributed by atoms with E-state index < -0.39 is 0 Å². The van der Waals surface area contributed by atoms with Gasteiger partial charge in [0.15, 0.2) is 0 Å². The Morgan fingerprint density at radius 1 is 1.09 bits per heavy atom. The van der Waals surface area contributed by atoms with Crippen molar-refractivity contribution in [3.63, 3.8) is 0 Å². The Kier molecular flexibility index (Phi) is 5.99. The van der Waals surface area contributed by atoms with Gasteiger partial charge in [0, 0.05) is 4.90 Å². The summed E-state index contributed by atoms with van der Waals surface area (Å²) in [6.07, 6.45) is 1.71. The Balaban J connectivity index is 1.95. The highest BCUT2D eigenvalue weighted by Crippen LogP contribution is 2.22. The van der Waals surface area contributed by atoms with Gasteiger partial charge in [-0.3, -0.25) is 4.79 Å². The molecule has 0 saturated carbocycles. The number of hydrogen-bond donors (Lipinski definition) is 1. The van der Waals surface area contributed by atoms with Crippen molar-refractivity contribution in [2.75, 3.05) is 0 Å². The average Bonchev–Trinajstić information content (AvgIpc) is 2.55. The van der Waals surface area contributed by atoms with Gasteiger partial charge in [-0.25, -0.2) is 5.43 Å². The molecular weight excluding hydrogens is 304 g/mol. The monoisotopic (exact) mass is 326 g/mol. The quantitative estimate of drug-likeness (QED) is 0.507. The molecule has 0 spiro atoms. The van der Waals surface area contributed by atoms with Crippen LogP contribution < -0.4 is 5.43 Å². The summed E-state index contributed by atoms with van der Waals surface area (Å²) in [5.74, 6) is -0.100. The molecule has 1 atom stereocenters. The van der Waals surface area contributed by atoms with E-state index in [4.69, 9.17) is 0 Å². The normalized spacial score (nSPS) is 12.3. The summed E-state index contributed by atoms with van der Waals surface area (Å²) in [6.45, 7) is 8.13. The largest absolute Gasteiger partial charge is 0.272 e. The van der Waals surface area contributed by atoms with Crippen LogP contribution in [0.1, 0.15) is 29.2 Å². The number of rotatable bonds is 5. The summed E-state index contributed by atoms with van der Waals surface area (Å²) in [5.41, 5.74) is 7.35. The Morgan fingerprint density at radius 3 is 2.48 bits per heavy atom. The van der Waals surface area contributed by atoms with Crippen molar-refractivity contribution in [2.45, 2.75) is 37.8 Å². The highest BCUT2D eigenvalue weighted by atomic mass is 32.2. The molecule has 0 aromatic heterocycles. The summed E-state index contributed by atoms with van der Waals surface area (Å²) in [7, 11) is 0. The Labute approximate surface area is 142 Å². The predicted molar refractivity (Wildman–Crippen MR) is 98.2 cm³/mol. The molecule has 0 bridgehead atoms. The molecule has 1 N–H and O–H groups in total. The molecule has 0 heterocycles. The molecule has 120 valence electrons. The Bertz CT molecular complexity index is 711. The smallest absolute Gasteiger partial charge is 0.253 e. The number of hydrogen-bond acceptors (Lipinski definition) is 3. The van der Waals surface area contributed by atoms with Crippen molar-refractivity contribution >= 4 is 23.9 Å². The van der Waals surface area contributed by atoms with Crippen LogP contribution in [0.5, 0.6) is 0 Å². The van der Waals surface area contributed by atoms with Gasteiger partial charge in [0.25, 0.3) is 5.91 Å². The first kappa shape index (κ1) is 17.3. The zero-order chi connectivity index (χ0) is 16.8. The van der Waals surface area contributed by atoms with Gasteiger partial charge in [0.1, 0.15) is 0 Å². The molecule has 2 rings (SSSR count). The van der Waals surface area contributed by atoms with E-state index in [1.165, 1.54) is 28.5 Å². The van der Waals surface area contributed by atoms with Gasteiger partial charge in [-0.1, -0.05) is 30.3 Å². The van der Waals surface area contributed by atoms with Gasteiger partial charge >= 0.3 is 0 Å². The molecule has 0 fully saturated rings. The van der Waals surface area contributed by atoms with Crippen molar-refractivity contribution in [1.82, 2.24) is 5.43 Å². The Hall–Kier alpha value is -2.07. The van der Waals surface area contributed by atoms with Crippen LogP contribution in [-0.4, -0.2) is 17.4 Å². The maximum atomic E-state index is 12.1. The maximum absolute atomic E-state index is 12.1. The van der Waals surface area contributed by atoms with Crippen LogP contribution in [0.25, 0.3) is 0 Å². The zero-order valence-electron chi connectivity index (χ0n) is 14.0. The van der Waals surface area contributed by atoms with E-state index in [1.54, 1.807) is 6.21 Å². The van der Waals surface area contributed by atoms with Crippen LogP contribution in [0.15, 0.2) is 52.5 Å². The lowest BCUT2D eigenvalue weighted by atomic mass is 10.00. The van der Waals surface area contributed by atoms with Gasteiger partial charge in [-0.05, 0) is 62.1 Å². The number of nitrogens with one attached hydrogen (secondary N) is 1. The third-order valence-corrected chi connectivity index (χ3v) is 5.02. The minimum atomic E-state index is -0.199. The van der Waals surface area contributed by atoms with Crippen molar-refractivity contribution in [3.05, 3.63) is 64.7 Å². The molecule has 0 saturated heterocycles. The number of aryl methyl sites for hydroxylation is 1. The minimum absolute atomic E-state index is 0.100. The molecule has 0 aliphatic heterocycles. The molecule has 23 heavy (non-hydrogen) atoms. The number of nitrogens with zero attached hydrogens (tertiary/aromatic N) is 1. The van der Waals surface area contributed by atoms with Crippen LogP contribution in [0.2, 0.25) is 0 Å². The van der Waals surface area contributed by atoms with Crippen molar-refractivity contribution in [3.8, 4) is 0 Å². The van der Waals surface area contributed by atoms with E-state index in [1.807, 2.05) is 43.3 Å². The number of carbonyl (C=O) groups is 1. The number of hydrazone groups is 1. The van der Waals surface area contributed by atoms with Gasteiger partial charge in [0.05, 0.1) is 11.5 Å². The topological polar surface area (TPSA) is 41.5 Å². The fourth-order valence-electron chi connectivity index (χ4n) is 2.13. The molecule has 2 aromatic carbocycles. The molecule has 0 aliphatic carbocycles. The van der Waals surface area contributed by atoms with Gasteiger partial charge in [-0.15, -0.1) is 11.8 Å². The summed E-state index contributed by atoms with van der Waals surface area (Å²) in [6, 6.07) is 14.0. The number of benzene rings is 2. The third-order valence-electron chi connectivity index (χ3n) is 3.90. The number of amides is 1. The second-order valence-electron chi connectivity index (χ2n) is 5.53. The first-order chi connectivity index (χ1) is 11.0. The molecule has 2 aromatic rings. The molecule has 0 aliphatic rings. The average molecular weight is 326 g/mol. The highest BCUT2D eigenvalue weighted by Gasteiger charge is 2.13.